The van der Waals surface area contributed by atoms with Crippen molar-refractivity contribution < 1.29 is 0 Å². The molecule has 1 fully saturated rings. The molecule has 0 amide bonds. The normalized spacial score (nSPS) is 19.9. The molecule has 4 heteroatoms. The predicted octanol–water partition coefficient (Wildman–Crippen LogP) is 1.60. The zero-order valence-corrected chi connectivity index (χ0v) is 11.2. The highest BCUT2D eigenvalue weighted by molar-refractivity contribution is 7.11. The maximum absolute atomic E-state index is 4.62. The van der Waals surface area contributed by atoms with Gasteiger partial charge in [-0.15, -0.1) is 11.3 Å². The van der Waals surface area contributed by atoms with E-state index in [0.29, 0.717) is 6.04 Å². The maximum Gasteiger partial charge on any atom is 0.0946 e. The van der Waals surface area contributed by atoms with Gasteiger partial charge in [-0.25, -0.2) is 4.98 Å². The predicted molar refractivity (Wildman–Crippen MR) is 69.2 cm³/mol. The van der Waals surface area contributed by atoms with Gasteiger partial charge in [0.25, 0.3) is 0 Å². The van der Waals surface area contributed by atoms with Crippen molar-refractivity contribution in [1.82, 2.24) is 15.2 Å². The lowest BCUT2D eigenvalue weighted by atomic mass is 10.2. The zero-order chi connectivity index (χ0) is 11.5. The number of nitrogens with zero attached hydrogens (tertiary/aromatic N) is 2. The highest BCUT2D eigenvalue weighted by Crippen LogP contribution is 2.19. The third-order valence-electron chi connectivity index (χ3n) is 3.32. The molecule has 1 unspecified atom stereocenters. The van der Waals surface area contributed by atoms with Crippen molar-refractivity contribution in [2.75, 3.05) is 26.2 Å². The number of aryl methyl sites for hydroxylation is 2. The van der Waals surface area contributed by atoms with Crippen LogP contribution in [0.25, 0.3) is 0 Å². The summed E-state index contributed by atoms with van der Waals surface area (Å²) < 4.78 is 0. The Balaban J connectivity index is 1.93. The fourth-order valence-corrected chi connectivity index (χ4v) is 3.19. The summed E-state index contributed by atoms with van der Waals surface area (Å²) in [5.41, 5.74) is 1.20. The van der Waals surface area contributed by atoms with E-state index in [1.807, 2.05) is 11.3 Å². The second kappa shape index (κ2) is 5.25. The lowest BCUT2D eigenvalue weighted by Gasteiger charge is -2.32. The third-order valence-corrected chi connectivity index (χ3v) is 4.41. The van der Waals surface area contributed by atoms with E-state index < -0.39 is 0 Å². The topological polar surface area (TPSA) is 28.2 Å². The number of hydrogen-bond acceptors (Lipinski definition) is 4. The lowest BCUT2D eigenvalue weighted by Crippen LogP contribution is -2.48. The van der Waals surface area contributed by atoms with Crippen molar-refractivity contribution in [2.45, 2.75) is 33.2 Å². The standard InChI is InChI=1S/C12H21N3S/c1-9(15-6-4-13-5-7-15)8-12-14-10(2)11(3)16-12/h9,13H,4-8H2,1-3H3. The van der Waals surface area contributed by atoms with Crippen LogP contribution in [0.1, 0.15) is 22.5 Å². The first-order valence-electron chi connectivity index (χ1n) is 6.04. The molecule has 16 heavy (non-hydrogen) atoms. The number of aromatic nitrogens is 1. The highest BCUT2D eigenvalue weighted by Gasteiger charge is 2.18. The Morgan fingerprint density at radius 2 is 2.06 bits per heavy atom. The molecule has 0 radical (unpaired) electrons. The molecule has 3 nitrogen and oxygen atoms in total. The van der Waals surface area contributed by atoms with Gasteiger partial charge in [0.1, 0.15) is 0 Å². The molecular weight excluding hydrogens is 218 g/mol. The van der Waals surface area contributed by atoms with Gasteiger partial charge in [-0.2, -0.15) is 0 Å². The Morgan fingerprint density at radius 1 is 1.38 bits per heavy atom. The number of hydrogen-bond donors (Lipinski definition) is 1. The van der Waals surface area contributed by atoms with Crippen molar-refractivity contribution in [1.29, 1.82) is 0 Å². The Morgan fingerprint density at radius 3 is 2.62 bits per heavy atom. The average molecular weight is 239 g/mol. The van der Waals surface area contributed by atoms with Gasteiger partial charge < -0.3 is 5.32 Å². The molecule has 2 rings (SSSR count). The molecule has 0 bridgehead atoms. The first-order valence-corrected chi connectivity index (χ1v) is 6.86. The van der Waals surface area contributed by atoms with E-state index in [-0.39, 0.29) is 0 Å². The first kappa shape index (κ1) is 12.0. The van der Waals surface area contributed by atoms with Crippen LogP contribution in [0.4, 0.5) is 0 Å². The molecule has 1 saturated heterocycles. The van der Waals surface area contributed by atoms with Gasteiger partial charge >= 0.3 is 0 Å². The van der Waals surface area contributed by atoms with Crippen LogP contribution < -0.4 is 5.32 Å². The van der Waals surface area contributed by atoms with Crippen LogP contribution in [0.5, 0.6) is 0 Å². The van der Waals surface area contributed by atoms with Crippen molar-refractivity contribution in [3.8, 4) is 0 Å². The smallest absolute Gasteiger partial charge is 0.0946 e. The fourth-order valence-electron chi connectivity index (χ4n) is 2.13. The quantitative estimate of drug-likeness (QED) is 0.868. The number of nitrogens with one attached hydrogen (secondary N) is 1. The minimum atomic E-state index is 0.618. The van der Waals surface area contributed by atoms with Crippen LogP contribution in [-0.2, 0) is 6.42 Å². The Bertz CT molecular complexity index is 323. The molecule has 0 saturated carbocycles. The van der Waals surface area contributed by atoms with Gasteiger partial charge in [0.05, 0.1) is 10.7 Å². The van der Waals surface area contributed by atoms with Crippen molar-refractivity contribution in [2.24, 2.45) is 0 Å². The summed E-state index contributed by atoms with van der Waals surface area (Å²) in [6.07, 6.45) is 1.10. The molecule has 1 N–H and O–H groups in total. The summed E-state index contributed by atoms with van der Waals surface area (Å²) in [4.78, 5) is 8.54. The Kier molecular flexibility index (Phi) is 3.95. The maximum atomic E-state index is 4.62. The first-order chi connectivity index (χ1) is 7.66. The minimum Gasteiger partial charge on any atom is -0.314 e. The van der Waals surface area contributed by atoms with Gasteiger partial charge in [-0.1, -0.05) is 0 Å². The summed E-state index contributed by atoms with van der Waals surface area (Å²) in [5.74, 6) is 0. The molecule has 0 spiro atoms. The Labute approximate surface area is 102 Å². The molecule has 1 atom stereocenters. The van der Waals surface area contributed by atoms with Crippen molar-refractivity contribution in [3.05, 3.63) is 15.6 Å². The molecule has 1 aliphatic heterocycles. The molecular formula is C12H21N3S. The zero-order valence-electron chi connectivity index (χ0n) is 10.4. The van der Waals surface area contributed by atoms with Crippen LogP contribution in [0.2, 0.25) is 0 Å². The van der Waals surface area contributed by atoms with Gasteiger partial charge in [0, 0.05) is 43.5 Å². The van der Waals surface area contributed by atoms with E-state index in [1.165, 1.54) is 28.7 Å². The summed E-state index contributed by atoms with van der Waals surface area (Å²) >= 11 is 1.85. The summed E-state index contributed by atoms with van der Waals surface area (Å²) in [6, 6.07) is 0.618. The number of piperazine rings is 1. The number of thiazole rings is 1. The van der Waals surface area contributed by atoms with E-state index in [1.54, 1.807) is 0 Å². The third kappa shape index (κ3) is 2.81. The van der Waals surface area contributed by atoms with Crippen molar-refractivity contribution >= 4 is 11.3 Å². The SMILES string of the molecule is Cc1nc(CC(C)N2CCNCC2)sc1C. The van der Waals surface area contributed by atoms with Crippen LogP contribution in [0.15, 0.2) is 0 Å². The van der Waals surface area contributed by atoms with Crippen LogP contribution in [-0.4, -0.2) is 42.1 Å². The molecule has 0 aliphatic carbocycles. The highest BCUT2D eigenvalue weighted by atomic mass is 32.1. The van der Waals surface area contributed by atoms with Crippen LogP contribution >= 0.6 is 11.3 Å². The molecule has 2 heterocycles. The summed E-state index contributed by atoms with van der Waals surface area (Å²) in [5, 5.41) is 4.68. The van der Waals surface area contributed by atoms with Gasteiger partial charge in [0.2, 0.25) is 0 Å². The van der Waals surface area contributed by atoms with Crippen LogP contribution in [0.3, 0.4) is 0 Å². The average Bonchev–Trinajstić information content (AvgIpc) is 2.59. The van der Waals surface area contributed by atoms with E-state index in [2.05, 4.69) is 36.0 Å². The summed E-state index contributed by atoms with van der Waals surface area (Å²) in [6.45, 7) is 11.2. The van der Waals surface area contributed by atoms with Gasteiger partial charge in [-0.3, -0.25) is 4.90 Å². The molecule has 0 aromatic carbocycles. The van der Waals surface area contributed by atoms with E-state index in [4.69, 9.17) is 0 Å². The monoisotopic (exact) mass is 239 g/mol. The van der Waals surface area contributed by atoms with Gasteiger partial charge in [-0.05, 0) is 20.8 Å². The Hall–Kier alpha value is -0.450. The summed E-state index contributed by atoms with van der Waals surface area (Å²) in [7, 11) is 0. The molecule has 1 aromatic heterocycles. The largest absolute Gasteiger partial charge is 0.314 e. The fraction of sp³-hybridized carbons (Fsp3) is 0.750. The molecule has 90 valence electrons. The van der Waals surface area contributed by atoms with E-state index in [0.717, 1.165) is 19.5 Å². The molecule has 1 aliphatic rings. The van der Waals surface area contributed by atoms with Crippen LogP contribution in [0, 0.1) is 13.8 Å². The second-order valence-corrected chi connectivity index (χ2v) is 5.88. The minimum absolute atomic E-state index is 0.618. The van der Waals surface area contributed by atoms with Gasteiger partial charge in [0.15, 0.2) is 0 Å². The van der Waals surface area contributed by atoms with Crippen molar-refractivity contribution in [3.63, 3.8) is 0 Å². The van der Waals surface area contributed by atoms with E-state index in [9.17, 15) is 0 Å². The molecule has 1 aromatic rings. The van der Waals surface area contributed by atoms with E-state index >= 15 is 0 Å². The number of rotatable bonds is 3. The second-order valence-electron chi connectivity index (χ2n) is 4.59. The lowest BCUT2D eigenvalue weighted by molar-refractivity contribution is 0.183.